The van der Waals surface area contributed by atoms with E-state index in [9.17, 15) is 0 Å². The summed E-state index contributed by atoms with van der Waals surface area (Å²) in [5.74, 6) is 0. The predicted molar refractivity (Wildman–Crippen MR) is 76.8 cm³/mol. The first-order valence-electron chi connectivity index (χ1n) is 5.30. The van der Waals surface area contributed by atoms with Crippen LogP contribution in [0.2, 0.25) is 5.02 Å². The monoisotopic (exact) mass is 330 g/mol. The molecule has 0 aliphatic carbocycles. The molecule has 0 fully saturated rings. The number of nitrogens with zero attached hydrogens (tertiary/aromatic N) is 1. The Balaban J connectivity index is 2.35. The second-order valence-electron chi connectivity index (χ2n) is 3.53. The van der Waals surface area contributed by atoms with Crippen LogP contribution in [-0.4, -0.2) is 11.5 Å². The molecule has 0 amide bonds. The molecule has 1 atom stereocenters. The Morgan fingerprint density at radius 3 is 2.94 bits per heavy atom. The molecule has 0 aliphatic rings. The van der Waals surface area contributed by atoms with Crippen LogP contribution in [0.1, 0.15) is 23.5 Å². The lowest BCUT2D eigenvalue weighted by Gasteiger charge is -2.16. The quantitative estimate of drug-likeness (QED) is 0.905. The summed E-state index contributed by atoms with van der Waals surface area (Å²) in [4.78, 5) is 4.36. The summed E-state index contributed by atoms with van der Waals surface area (Å²) in [6.07, 6.45) is 1.82. The molecule has 0 saturated heterocycles. The Hall–Kier alpha value is -0.420. The number of rotatable bonds is 4. The highest BCUT2D eigenvalue weighted by atomic mass is 79.9. The molecule has 0 aliphatic heterocycles. The largest absolute Gasteiger partial charge is 0.305 e. The lowest BCUT2D eigenvalue weighted by molar-refractivity contribution is 0.627. The van der Waals surface area contributed by atoms with Gasteiger partial charge in [0, 0.05) is 16.0 Å². The van der Waals surface area contributed by atoms with Crippen LogP contribution in [0.15, 0.2) is 34.2 Å². The van der Waals surface area contributed by atoms with Crippen LogP contribution in [0, 0.1) is 0 Å². The Bertz CT molecular complexity index is 487. The van der Waals surface area contributed by atoms with Gasteiger partial charge < -0.3 is 5.32 Å². The third kappa shape index (κ3) is 3.07. The molecule has 2 rings (SSSR count). The van der Waals surface area contributed by atoms with Crippen molar-refractivity contribution in [3.63, 3.8) is 0 Å². The van der Waals surface area contributed by atoms with Crippen molar-refractivity contribution < 1.29 is 0 Å². The van der Waals surface area contributed by atoms with E-state index in [1.807, 2.05) is 23.7 Å². The van der Waals surface area contributed by atoms with Crippen LogP contribution in [0.3, 0.4) is 0 Å². The summed E-state index contributed by atoms with van der Waals surface area (Å²) in [7, 11) is 0. The van der Waals surface area contributed by atoms with E-state index in [2.05, 4.69) is 39.2 Å². The van der Waals surface area contributed by atoms with E-state index in [0.717, 1.165) is 26.6 Å². The van der Waals surface area contributed by atoms with E-state index in [1.165, 1.54) is 0 Å². The van der Waals surface area contributed by atoms with Crippen LogP contribution in [0.5, 0.6) is 0 Å². The van der Waals surface area contributed by atoms with Crippen LogP contribution < -0.4 is 5.32 Å². The molecule has 1 aromatic heterocycles. The highest BCUT2D eigenvalue weighted by Gasteiger charge is 2.16. The third-order valence-corrected chi connectivity index (χ3v) is 4.46. The van der Waals surface area contributed by atoms with Gasteiger partial charge in [-0.3, -0.25) is 0 Å². The first-order valence-corrected chi connectivity index (χ1v) is 7.35. The molecule has 0 spiro atoms. The van der Waals surface area contributed by atoms with Gasteiger partial charge in [-0.1, -0.05) is 24.6 Å². The zero-order valence-electron chi connectivity index (χ0n) is 9.28. The van der Waals surface area contributed by atoms with Crippen molar-refractivity contribution in [1.29, 1.82) is 0 Å². The highest BCUT2D eigenvalue weighted by molar-refractivity contribution is 9.10. The SMILES string of the molecule is CCNC(c1ccc(Br)c(Cl)c1)c1nccs1. The highest BCUT2D eigenvalue weighted by Crippen LogP contribution is 2.29. The summed E-state index contributed by atoms with van der Waals surface area (Å²) in [5, 5.41) is 7.19. The van der Waals surface area contributed by atoms with Gasteiger partial charge in [0.15, 0.2) is 0 Å². The lowest BCUT2D eigenvalue weighted by atomic mass is 10.1. The van der Waals surface area contributed by atoms with Crippen LogP contribution in [-0.2, 0) is 0 Å². The molecule has 2 nitrogen and oxygen atoms in total. The smallest absolute Gasteiger partial charge is 0.114 e. The molecule has 1 aromatic carbocycles. The van der Waals surface area contributed by atoms with E-state index in [-0.39, 0.29) is 6.04 Å². The molecule has 0 bridgehead atoms. The van der Waals surface area contributed by atoms with Crippen molar-refractivity contribution in [3.05, 3.63) is 49.8 Å². The minimum atomic E-state index is 0.116. The van der Waals surface area contributed by atoms with Crippen LogP contribution >= 0.6 is 38.9 Å². The van der Waals surface area contributed by atoms with E-state index in [0.29, 0.717) is 0 Å². The van der Waals surface area contributed by atoms with Gasteiger partial charge in [-0.05, 0) is 40.2 Å². The zero-order chi connectivity index (χ0) is 12.3. The van der Waals surface area contributed by atoms with E-state index in [1.54, 1.807) is 11.3 Å². The number of benzene rings is 1. The van der Waals surface area contributed by atoms with E-state index in [4.69, 9.17) is 11.6 Å². The van der Waals surface area contributed by atoms with E-state index < -0.39 is 0 Å². The number of aromatic nitrogens is 1. The Morgan fingerprint density at radius 1 is 1.53 bits per heavy atom. The lowest BCUT2D eigenvalue weighted by Crippen LogP contribution is -2.21. The van der Waals surface area contributed by atoms with Crippen molar-refractivity contribution in [3.8, 4) is 0 Å². The Kier molecular flexibility index (Phi) is 4.56. The Morgan fingerprint density at radius 2 is 2.35 bits per heavy atom. The molecule has 2 aromatic rings. The van der Waals surface area contributed by atoms with Gasteiger partial charge >= 0.3 is 0 Å². The minimum absolute atomic E-state index is 0.116. The van der Waals surface area contributed by atoms with Crippen molar-refractivity contribution in [1.82, 2.24) is 10.3 Å². The standard InChI is InChI=1S/C12H12BrClN2S/c1-2-15-11(12-16-5-6-17-12)8-3-4-9(13)10(14)7-8/h3-7,11,15H,2H2,1H3. The van der Waals surface area contributed by atoms with Crippen molar-refractivity contribution in [2.45, 2.75) is 13.0 Å². The second-order valence-corrected chi connectivity index (χ2v) is 5.72. The maximum absolute atomic E-state index is 6.13. The minimum Gasteiger partial charge on any atom is -0.305 e. The van der Waals surface area contributed by atoms with Crippen molar-refractivity contribution in [2.75, 3.05) is 6.54 Å². The Labute approximate surface area is 118 Å². The summed E-state index contributed by atoms with van der Waals surface area (Å²) in [5.41, 5.74) is 1.13. The first kappa shape index (κ1) is 13.0. The molecule has 1 heterocycles. The average Bonchev–Trinajstić information content (AvgIpc) is 2.83. The molecule has 0 radical (unpaired) electrons. The number of hydrogen-bond donors (Lipinski definition) is 1. The number of hydrogen-bond acceptors (Lipinski definition) is 3. The normalized spacial score (nSPS) is 12.6. The molecular formula is C12H12BrClN2S. The summed E-state index contributed by atoms with van der Waals surface area (Å²) in [6, 6.07) is 6.12. The summed E-state index contributed by atoms with van der Waals surface area (Å²) in [6.45, 7) is 2.97. The topological polar surface area (TPSA) is 24.9 Å². The zero-order valence-corrected chi connectivity index (χ0v) is 12.4. The molecule has 1 unspecified atom stereocenters. The maximum atomic E-state index is 6.13. The van der Waals surface area contributed by atoms with Crippen molar-refractivity contribution >= 4 is 38.9 Å². The van der Waals surface area contributed by atoms with Gasteiger partial charge in [-0.2, -0.15) is 0 Å². The van der Waals surface area contributed by atoms with E-state index >= 15 is 0 Å². The van der Waals surface area contributed by atoms with Crippen LogP contribution in [0.25, 0.3) is 0 Å². The summed E-state index contributed by atoms with van der Waals surface area (Å²) >= 11 is 11.2. The average molecular weight is 332 g/mol. The second kappa shape index (κ2) is 5.96. The molecule has 5 heteroatoms. The van der Waals surface area contributed by atoms with Gasteiger partial charge in [0.1, 0.15) is 5.01 Å². The fourth-order valence-corrected chi connectivity index (χ4v) is 2.79. The van der Waals surface area contributed by atoms with Gasteiger partial charge in [-0.25, -0.2) is 4.98 Å². The molecular weight excluding hydrogens is 320 g/mol. The molecule has 17 heavy (non-hydrogen) atoms. The number of thiazole rings is 1. The van der Waals surface area contributed by atoms with Gasteiger partial charge in [-0.15, -0.1) is 11.3 Å². The van der Waals surface area contributed by atoms with Gasteiger partial charge in [0.25, 0.3) is 0 Å². The number of nitrogens with one attached hydrogen (secondary N) is 1. The number of halogens is 2. The fourth-order valence-electron chi connectivity index (χ4n) is 1.62. The van der Waals surface area contributed by atoms with Gasteiger partial charge in [0.2, 0.25) is 0 Å². The fraction of sp³-hybridized carbons (Fsp3) is 0.250. The summed E-state index contributed by atoms with van der Waals surface area (Å²) < 4.78 is 0.914. The maximum Gasteiger partial charge on any atom is 0.114 e. The van der Waals surface area contributed by atoms with Crippen molar-refractivity contribution in [2.24, 2.45) is 0 Å². The van der Waals surface area contributed by atoms with Crippen LogP contribution in [0.4, 0.5) is 0 Å². The molecule has 90 valence electrons. The molecule has 0 saturated carbocycles. The van der Waals surface area contributed by atoms with Gasteiger partial charge in [0.05, 0.1) is 11.1 Å². The third-order valence-electron chi connectivity index (χ3n) is 2.38. The predicted octanol–water partition coefficient (Wildman–Crippen LogP) is 4.26. The first-order chi connectivity index (χ1) is 8.22. The molecule has 1 N–H and O–H groups in total.